The van der Waals surface area contributed by atoms with Crippen molar-refractivity contribution in [2.24, 2.45) is 0 Å². The van der Waals surface area contributed by atoms with Gasteiger partial charge < -0.3 is 9.80 Å². The van der Waals surface area contributed by atoms with Crippen molar-refractivity contribution in [1.82, 2.24) is 9.80 Å². The zero-order valence-corrected chi connectivity index (χ0v) is 16.0. The second-order valence-electron chi connectivity index (χ2n) is 7.82. The maximum absolute atomic E-state index is 13.4. The molecule has 0 radical (unpaired) electrons. The van der Waals surface area contributed by atoms with Crippen molar-refractivity contribution in [2.45, 2.75) is 64.5 Å². The number of carbonyl (C=O) groups excluding carboxylic acids is 2. The number of piperidine rings is 1. The largest absolute Gasteiger partial charge is 0.336 e. The van der Waals surface area contributed by atoms with E-state index in [9.17, 15) is 9.59 Å². The Morgan fingerprint density at radius 2 is 1.81 bits per heavy atom. The van der Waals surface area contributed by atoms with Crippen LogP contribution in [-0.2, 0) is 16.1 Å². The third kappa shape index (κ3) is 3.84. The van der Waals surface area contributed by atoms with Crippen molar-refractivity contribution < 1.29 is 9.59 Å². The molecule has 3 rings (SSSR count). The zero-order valence-electron chi connectivity index (χ0n) is 16.0. The first-order chi connectivity index (χ1) is 12.5. The van der Waals surface area contributed by atoms with Crippen LogP contribution in [0.15, 0.2) is 42.0 Å². The first-order valence-electron chi connectivity index (χ1n) is 9.80. The van der Waals surface area contributed by atoms with E-state index < -0.39 is 5.54 Å². The molecule has 4 heteroatoms. The lowest BCUT2D eigenvalue weighted by atomic mass is 9.85. The van der Waals surface area contributed by atoms with Crippen LogP contribution in [0.25, 0.3) is 0 Å². The molecule has 1 unspecified atom stereocenters. The van der Waals surface area contributed by atoms with Crippen LogP contribution < -0.4 is 0 Å². The van der Waals surface area contributed by atoms with E-state index in [4.69, 9.17) is 0 Å². The van der Waals surface area contributed by atoms with Gasteiger partial charge in [-0.05, 0) is 51.5 Å². The number of hydrogen-bond acceptors (Lipinski definition) is 2. The highest BCUT2D eigenvalue weighted by Crippen LogP contribution is 2.39. The maximum atomic E-state index is 13.4. The van der Waals surface area contributed by atoms with Crippen molar-refractivity contribution in [3.8, 4) is 0 Å². The minimum atomic E-state index is -0.588. The lowest BCUT2D eigenvalue weighted by molar-refractivity contribution is -0.155. The minimum absolute atomic E-state index is 0.134. The second-order valence-corrected chi connectivity index (χ2v) is 7.82. The summed E-state index contributed by atoms with van der Waals surface area (Å²) in [6, 6.07) is 10.1. The molecule has 0 bridgehead atoms. The molecule has 1 atom stereocenters. The van der Waals surface area contributed by atoms with E-state index in [1.807, 2.05) is 41.8 Å². The highest BCUT2D eigenvalue weighted by molar-refractivity contribution is 5.92. The molecule has 26 heavy (non-hydrogen) atoms. The first-order valence-corrected chi connectivity index (χ1v) is 9.80. The SMILES string of the molecule is CC(C)=CCCC(=O)N1CCCC12CCCN(Cc1ccccc1)C2=O. The van der Waals surface area contributed by atoms with Crippen LogP contribution in [-0.4, -0.2) is 40.2 Å². The number of rotatable bonds is 5. The van der Waals surface area contributed by atoms with Gasteiger partial charge in [-0.25, -0.2) is 0 Å². The maximum Gasteiger partial charge on any atom is 0.248 e. The van der Waals surface area contributed by atoms with E-state index >= 15 is 0 Å². The number of benzene rings is 1. The quantitative estimate of drug-likeness (QED) is 0.752. The number of allylic oxidation sites excluding steroid dienone is 2. The van der Waals surface area contributed by atoms with Gasteiger partial charge in [0.05, 0.1) is 0 Å². The topological polar surface area (TPSA) is 40.6 Å². The van der Waals surface area contributed by atoms with Crippen molar-refractivity contribution in [2.75, 3.05) is 13.1 Å². The fourth-order valence-electron chi connectivity index (χ4n) is 4.36. The summed E-state index contributed by atoms with van der Waals surface area (Å²) in [5.74, 6) is 0.288. The molecule has 0 saturated carbocycles. The molecular weight excluding hydrogens is 324 g/mol. The van der Waals surface area contributed by atoms with Crippen LogP contribution in [0.1, 0.15) is 57.9 Å². The summed E-state index contributed by atoms with van der Waals surface area (Å²) in [5, 5.41) is 0. The molecule has 1 aromatic carbocycles. The van der Waals surface area contributed by atoms with Crippen molar-refractivity contribution in [3.63, 3.8) is 0 Å². The average molecular weight is 354 g/mol. The molecule has 1 spiro atoms. The molecule has 2 saturated heterocycles. The van der Waals surface area contributed by atoms with E-state index in [1.54, 1.807) is 0 Å². The number of hydrogen-bond donors (Lipinski definition) is 0. The van der Waals surface area contributed by atoms with Crippen LogP contribution in [0.3, 0.4) is 0 Å². The van der Waals surface area contributed by atoms with Gasteiger partial charge in [-0.2, -0.15) is 0 Å². The molecule has 0 N–H and O–H groups in total. The Labute approximate surface area is 156 Å². The Balaban J connectivity index is 1.73. The van der Waals surface area contributed by atoms with Gasteiger partial charge >= 0.3 is 0 Å². The predicted molar refractivity (Wildman–Crippen MR) is 103 cm³/mol. The number of likely N-dealkylation sites (tertiary alicyclic amines) is 2. The minimum Gasteiger partial charge on any atom is -0.336 e. The van der Waals surface area contributed by atoms with Crippen LogP contribution in [0.2, 0.25) is 0 Å². The van der Waals surface area contributed by atoms with Gasteiger partial charge in [-0.3, -0.25) is 9.59 Å². The van der Waals surface area contributed by atoms with E-state index in [1.165, 1.54) is 5.57 Å². The highest BCUT2D eigenvalue weighted by Gasteiger charge is 2.52. The van der Waals surface area contributed by atoms with Gasteiger partial charge in [-0.15, -0.1) is 0 Å². The highest BCUT2D eigenvalue weighted by atomic mass is 16.2. The average Bonchev–Trinajstić information content (AvgIpc) is 3.04. The van der Waals surface area contributed by atoms with Crippen LogP contribution >= 0.6 is 0 Å². The van der Waals surface area contributed by atoms with E-state index in [2.05, 4.69) is 18.2 Å². The van der Waals surface area contributed by atoms with Crippen molar-refractivity contribution in [1.29, 1.82) is 0 Å². The van der Waals surface area contributed by atoms with E-state index in [-0.39, 0.29) is 11.8 Å². The van der Waals surface area contributed by atoms with E-state index in [0.29, 0.717) is 13.0 Å². The third-order valence-corrected chi connectivity index (χ3v) is 5.62. The Bertz CT molecular complexity index is 679. The second kappa shape index (κ2) is 8.07. The molecular formula is C22H30N2O2. The summed E-state index contributed by atoms with van der Waals surface area (Å²) < 4.78 is 0. The number of amides is 2. The normalized spacial score (nSPS) is 22.8. The summed E-state index contributed by atoms with van der Waals surface area (Å²) in [6.45, 7) is 6.25. The molecule has 2 amide bonds. The Morgan fingerprint density at radius 3 is 2.50 bits per heavy atom. The molecule has 4 nitrogen and oxygen atoms in total. The van der Waals surface area contributed by atoms with Crippen LogP contribution in [0.5, 0.6) is 0 Å². The smallest absolute Gasteiger partial charge is 0.248 e. The van der Waals surface area contributed by atoms with Crippen molar-refractivity contribution in [3.05, 3.63) is 47.5 Å². The molecule has 140 valence electrons. The first kappa shape index (κ1) is 18.7. The summed E-state index contributed by atoms with van der Waals surface area (Å²) in [5.41, 5.74) is 1.80. The van der Waals surface area contributed by atoms with Gasteiger partial charge in [-0.1, -0.05) is 42.0 Å². The summed E-state index contributed by atoms with van der Waals surface area (Å²) in [7, 11) is 0. The number of carbonyl (C=O) groups is 2. The van der Waals surface area contributed by atoms with Gasteiger partial charge in [0.15, 0.2) is 0 Å². The molecule has 2 aliphatic rings. The van der Waals surface area contributed by atoms with Gasteiger partial charge in [0.2, 0.25) is 11.8 Å². The van der Waals surface area contributed by atoms with Crippen molar-refractivity contribution >= 4 is 11.8 Å². The summed E-state index contributed by atoms with van der Waals surface area (Å²) >= 11 is 0. The van der Waals surface area contributed by atoms with Gasteiger partial charge in [0.25, 0.3) is 0 Å². The summed E-state index contributed by atoms with van der Waals surface area (Å²) in [4.78, 5) is 30.1. The Morgan fingerprint density at radius 1 is 1.12 bits per heavy atom. The fourth-order valence-corrected chi connectivity index (χ4v) is 4.36. The molecule has 2 aliphatic heterocycles. The Hall–Kier alpha value is -2.10. The van der Waals surface area contributed by atoms with E-state index in [0.717, 1.165) is 50.8 Å². The molecule has 2 fully saturated rings. The summed E-state index contributed by atoms with van der Waals surface area (Å²) in [6.07, 6.45) is 6.88. The van der Waals surface area contributed by atoms with Gasteiger partial charge in [0, 0.05) is 26.1 Å². The lowest BCUT2D eigenvalue weighted by Gasteiger charge is -2.44. The monoisotopic (exact) mass is 354 g/mol. The molecule has 2 heterocycles. The molecule has 0 aromatic heterocycles. The molecule has 1 aromatic rings. The number of nitrogens with zero attached hydrogens (tertiary/aromatic N) is 2. The standard InChI is InChI=1S/C22H30N2O2/c1-18(2)9-6-12-20(25)24-16-8-14-22(24)13-7-15-23(21(22)26)17-19-10-4-3-5-11-19/h3-5,9-11H,6-8,12-17H2,1-2H3. The Kier molecular flexibility index (Phi) is 5.80. The lowest BCUT2D eigenvalue weighted by Crippen LogP contribution is -2.61. The molecule has 0 aliphatic carbocycles. The van der Waals surface area contributed by atoms with Crippen LogP contribution in [0, 0.1) is 0 Å². The zero-order chi connectivity index (χ0) is 18.6. The fraction of sp³-hybridized carbons (Fsp3) is 0.545. The third-order valence-electron chi connectivity index (χ3n) is 5.62. The predicted octanol–water partition coefficient (Wildman–Crippen LogP) is 3.92. The van der Waals surface area contributed by atoms with Gasteiger partial charge in [0.1, 0.15) is 5.54 Å². The van der Waals surface area contributed by atoms with Crippen LogP contribution in [0.4, 0.5) is 0 Å².